The Hall–Kier alpha value is -2.27. The average molecular weight is 314 g/mol. The zero-order valence-electron chi connectivity index (χ0n) is 12.6. The number of hydrogen-bond donors (Lipinski definition) is 1. The van der Waals surface area contributed by atoms with E-state index < -0.39 is 0 Å². The lowest BCUT2D eigenvalue weighted by Gasteiger charge is -2.02. The number of nitrogens with one attached hydrogen (secondary N) is 1. The number of amides is 1. The number of methoxy groups -OCH3 is 1. The Labute approximate surface area is 134 Å². The van der Waals surface area contributed by atoms with Crippen molar-refractivity contribution < 1.29 is 9.53 Å². The van der Waals surface area contributed by atoms with E-state index in [1.807, 2.05) is 55.5 Å². The fourth-order valence-electron chi connectivity index (χ4n) is 1.72. The van der Waals surface area contributed by atoms with Crippen LogP contribution in [0.25, 0.3) is 0 Å². The van der Waals surface area contributed by atoms with Gasteiger partial charge in [0.2, 0.25) is 5.91 Å². The normalized spacial score (nSPS) is 10.6. The van der Waals surface area contributed by atoms with Gasteiger partial charge in [-0.05, 0) is 36.8 Å². The number of thioether (sulfide) groups is 1. The first-order valence-corrected chi connectivity index (χ1v) is 7.81. The SMILES string of the molecule is COc1cccc(/C=N\NC(=O)CSc2ccc(C)cc2)c1. The lowest BCUT2D eigenvalue weighted by Crippen LogP contribution is -2.19. The number of hydrogen-bond acceptors (Lipinski definition) is 4. The second-order valence-electron chi connectivity index (χ2n) is 4.67. The largest absolute Gasteiger partial charge is 0.497 e. The highest BCUT2D eigenvalue weighted by atomic mass is 32.2. The topological polar surface area (TPSA) is 50.7 Å². The third-order valence-electron chi connectivity index (χ3n) is 2.89. The van der Waals surface area contributed by atoms with Crippen LogP contribution in [0.15, 0.2) is 58.5 Å². The van der Waals surface area contributed by atoms with E-state index in [0.717, 1.165) is 16.2 Å². The van der Waals surface area contributed by atoms with E-state index in [4.69, 9.17) is 4.74 Å². The highest BCUT2D eigenvalue weighted by Crippen LogP contribution is 2.17. The van der Waals surface area contributed by atoms with Crippen LogP contribution in [0.3, 0.4) is 0 Å². The van der Waals surface area contributed by atoms with E-state index in [9.17, 15) is 4.79 Å². The van der Waals surface area contributed by atoms with Crippen LogP contribution in [0.1, 0.15) is 11.1 Å². The second kappa shape index (κ2) is 8.24. The Morgan fingerprint density at radius 2 is 2.05 bits per heavy atom. The van der Waals surface area contributed by atoms with Gasteiger partial charge in [0.05, 0.1) is 19.1 Å². The summed E-state index contributed by atoms with van der Waals surface area (Å²) in [5.74, 6) is 0.952. The standard InChI is InChI=1S/C17H18N2O2S/c1-13-6-8-16(9-7-13)22-12-17(20)19-18-11-14-4-3-5-15(10-14)21-2/h3-11H,12H2,1-2H3,(H,19,20)/b18-11-. The van der Waals surface area contributed by atoms with Crippen molar-refractivity contribution >= 4 is 23.9 Å². The molecule has 0 spiro atoms. The van der Waals surface area contributed by atoms with Crippen molar-refractivity contribution in [3.8, 4) is 5.75 Å². The van der Waals surface area contributed by atoms with Gasteiger partial charge in [-0.25, -0.2) is 5.43 Å². The van der Waals surface area contributed by atoms with Gasteiger partial charge in [-0.3, -0.25) is 4.79 Å². The van der Waals surface area contributed by atoms with E-state index in [2.05, 4.69) is 10.5 Å². The van der Waals surface area contributed by atoms with Crippen LogP contribution in [0.5, 0.6) is 5.75 Å². The molecule has 4 nitrogen and oxygen atoms in total. The molecule has 0 radical (unpaired) electrons. The molecule has 5 heteroatoms. The molecule has 0 aromatic heterocycles. The summed E-state index contributed by atoms with van der Waals surface area (Å²) in [7, 11) is 1.61. The molecule has 0 aliphatic heterocycles. The number of benzene rings is 2. The van der Waals surface area contributed by atoms with Crippen molar-refractivity contribution in [3.05, 3.63) is 59.7 Å². The first-order chi connectivity index (χ1) is 10.7. The molecule has 1 amide bonds. The van der Waals surface area contributed by atoms with Crippen LogP contribution >= 0.6 is 11.8 Å². The molecular formula is C17H18N2O2S. The van der Waals surface area contributed by atoms with E-state index in [1.54, 1.807) is 13.3 Å². The number of rotatable bonds is 6. The highest BCUT2D eigenvalue weighted by molar-refractivity contribution is 8.00. The maximum absolute atomic E-state index is 11.7. The van der Waals surface area contributed by atoms with Gasteiger partial charge in [-0.1, -0.05) is 29.8 Å². The number of hydrazone groups is 1. The van der Waals surface area contributed by atoms with Gasteiger partial charge < -0.3 is 4.74 Å². The summed E-state index contributed by atoms with van der Waals surface area (Å²) < 4.78 is 5.13. The first kappa shape index (κ1) is 16.1. The lowest BCUT2D eigenvalue weighted by atomic mass is 10.2. The van der Waals surface area contributed by atoms with Gasteiger partial charge in [-0.15, -0.1) is 11.8 Å². The summed E-state index contributed by atoms with van der Waals surface area (Å²) in [6, 6.07) is 15.5. The van der Waals surface area contributed by atoms with Crippen molar-refractivity contribution in [2.24, 2.45) is 5.10 Å². The molecule has 2 aromatic rings. The minimum Gasteiger partial charge on any atom is -0.497 e. The summed E-state index contributed by atoms with van der Waals surface area (Å²) in [4.78, 5) is 12.8. The van der Waals surface area contributed by atoms with Gasteiger partial charge in [-0.2, -0.15) is 5.10 Å². The smallest absolute Gasteiger partial charge is 0.250 e. The molecule has 0 aliphatic carbocycles. The van der Waals surface area contributed by atoms with Gasteiger partial charge in [0, 0.05) is 4.90 Å². The summed E-state index contributed by atoms with van der Waals surface area (Å²) in [6.07, 6.45) is 1.59. The molecule has 1 N–H and O–H groups in total. The van der Waals surface area contributed by atoms with Crippen molar-refractivity contribution in [2.75, 3.05) is 12.9 Å². The fourth-order valence-corrected chi connectivity index (χ4v) is 2.41. The molecular weight excluding hydrogens is 296 g/mol. The van der Waals surface area contributed by atoms with Crippen molar-refractivity contribution in [2.45, 2.75) is 11.8 Å². The molecule has 0 bridgehead atoms. The maximum Gasteiger partial charge on any atom is 0.250 e. The number of ether oxygens (including phenoxy) is 1. The van der Waals surface area contributed by atoms with Gasteiger partial charge >= 0.3 is 0 Å². The van der Waals surface area contributed by atoms with E-state index in [0.29, 0.717) is 5.75 Å². The number of carbonyl (C=O) groups is 1. The molecule has 2 rings (SSSR count). The summed E-state index contributed by atoms with van der Waals surface area (Å²) >= 11 is 1.48. The Morgan fingerprint density at radius 3 is 2.77 bits per heavy atom. The lowest BCUT2D eigenvalue weighted by molar-refractivity contribution is -0.118. The zero-order chi connectivity index (χ0) is 15.8. The third-order valence-corrected chi connectivity index (χ3v) is 3.90. The number of nitrogens with zero attached hydrogens (tertiary/aromatic N) is 1. The van der Waals surface area contributed by atoms with E-state index in [1.165, 1.54) is 17.3 Å². The summed E-state index contributed by atoms with van der Waals surface area (Å²) in [6.45, 7) is 2.04. The van der Waals surface area contributed by atoms with Gasteiger partial charge in [0.15, 0.2) is 0 Å². The third kappa shape index (κ3) is 5.26. The minimum absolute atomic E-state index is 0.135. The fraction of sp³-hybridized carbons (Fsp3) is 0.176. The Kier molecular flexibility index (Phi) is 6.03. The van der Waals surface area contributed by atoms with Crippen molar-refractivity contribution in [3.63, 3.8) is 0 Å². The molecule has 0 aliphatic rings. The molecule has 0 unspecified atom stereocenters. The Balaban J connectivity index is 1.79. The molecule has 0 heterocycles. The van der Waals surface area contributed by atoms with Crippen LogP contribution in [-0.4, -0.2) is 25.0 Å². The highest BCUT2D eigenvalue weighted by Gasteiger charge is 2.01. The van der Waals surface area contributed by atoms with E-state index >= 15 is 0 Å². The number of carbonyl (C=O) groups excluding carboxylic acids is 1. The monoisotopic (exact) mass is 314 g/mol. The van der Waals surface area contributed by atoms with Crippen molar-refractivity contribution in [1.29, 1.82) is 0 Å². The molecule has 0 saturated carbocycles. The van der Waals surface area contributed by atoms with Crippen LogP contribution < -0.4 is 10.2 Å². The molecule has 0 fully saturated rings. The quantitative estimate of drug-likeness (QED) is 0.506. The molecule has 0 saturated heterocycles. The predicted octanol–water partition coefficient (Wildman–Crippen LogP) is 3.25. The van der Waals surface area contributed by atoms with Crippen LogP contribution in [0, 0.1) is 6.92 Å². The average Bonchev–Trinajstić information content (AvgIpc) is 2.54. The van der Waals surface area contributed by atoms with Crippen molar-refractivity contribution in [1.82, 2.24) is 5.43 Å². The van der Waals surface area contributed by atoms with E-state index in [-0.39, 0.29) is 5.91 Å². The molecule has 2 aromatic carbocycles. The summed E-state index contributed by atoms with van der Waals surface area (Å²) in [5, 5.41) is 3.95. The van der Waals surface area contributed by atoms with Crippen LogP contribution in [0.2, 0.25) is 0 Å². The van der Waals surface area contributed by atoms with Crippen LogP contribution in [-0.2, 0) is 4.79 Å². The van der Waals surface area contributed by atoms with Crippen LogP contribution in [0.4, 0.5) is 0 Å². The maximum atomic E-state index is 11.7. The molecule has 114 valence electrons. The zero-order valence-corrected chi connectivity index (χ0v) is 13.4. The predicted molar refractivity (Wildman–Crippen MR) is 90.6 cm³/mol. The Bertz CT molecular complexity index is 654. The molecule has 0 atom stereocenters. The molecule has 22 heavy (non-hydrogen) atoms. The number of aryl methyl sites for hydroxylation is 1. The second-order valence-corrected chi connectivity index (χ2v) is 5.72. The van der Waals surface area contributed by atoms with Gasteiger partial charge in [0.25, 0.3) is 0 Å². The first-order valence-electron chi connectivity index (χ1n) is 6.83. The van der Waals surface area contributed by atoms with Gasteiger partial charge in [0.1, 0.15) is 5.75 Å². The Morgan fingerprint density at radius 1 is 1.27 bits per heavy atom. The summed E-state index contributed by atoms with van der Waals surface area (Å²) in [5.41, 5.74) is 4.59. The minimum atomic E-state index is -0.135.